The fraction of sp³-hybridized carbons (Fsp3) is 0.259. The van der Waals surface area contributed by atoms with E-state index in [-0.39, 0.29) is 23.3 Å². The van der Waals surface area contributed by atoms with E-state index < -0.39 is 11.9 Å². The van der Waals surface area contributed by atoms with Gasteiger partial charge in [0.15, 0.2) is 0 Å². The van der Waals surface area contributed by atoms with Crippen molar-refractivity contribution in [3.8, 4) is 0 Å². The van der Waals surface area contributed by atoms with Crippen LogP contribution in [-0.2, 0) is 28.3 Å². The lowest BCUT2D eigenvalue weighted by Crippen LogP contribution is -2.51. The number of hydrogen-bond acceptors (Lipinski definition) is 3. The number of amides is 2. The van der Waals surface area contributed by atoms with Crippen molar-refractivity contribution < 1.29 is 14.0 Å². The molecule has 0 spiro atoms. The Hall–Kier alpha value is -2.83. The second kappa shape index (κ2) is 13.2. The van der Waals surface area contributed by atoms with E-state index in [9.17, 15) is 14.0 Å². The van der Waals surface area contributed by atoms with Gasteiger partial charge in [-0.1, -0.05) is 78.3 Å². The van der Waals surface area contributed by atoms with Crippen LogP contribution < -0.4 is 5.32 Å². The lowest BCUT2D eigenvalue weighted by molar-refractivity contribution is -0.139. The van der Waals surface area contributed by atoms with Gasteiger partial charge in [-0.2, -0.15) is 0 Å². The maximum atomic E-state index is 14.1. The molecular formula is C27H28ClFN2O2S. The van der Waals surface area contributed by atoms with Gasteiger partial charge in [0.05, 0.1) is 5.75 Å². The van der Waals surface area contributed by atoms with Gasteiger partial charge in [-0.15, -0.1) is 11.8 Å². The van der Waals surface area contributed by atoms with Gasteiger partial charge >= 0.3 is 0 Å². The predicted molar refractivity (Wildman–Crippen MR) is 137 cm³/mol. The quantitative estimate of drug-likeness (QED) is 0.380. The molecule has 0 radical (unpaired) electrons. The molecule has 2 amide bonds. The van der Waals surface area contributed by atoms with Crippen molar-refractivity contribution in [3.05, 3.63) is 106 Å². The minimum atomic E-state index is -0.673. The molecule has 3 aromatic carbocycles. The van der Waals surface area contributed by atoms with Crippen molar-refractivity contribution in [2.45, 2.75) is 31.7 Å². The summed E-state index contributed by atoms with van der Waals surface area (Å²) in [6.07, 6.45) is 0.398. The summed E-state index contributed by atoms with van der Waals surface area (Å²) in [4.78, 5) is 28.2. The highest BCUT2D eigenvalue weighted by atomic mass is 35.5. The molecule has 178 valence electrons. The van der Waals surface area contributed by atoms with Crippen LogP contribution in [0.1, 0.15) is 23.6 Å². The van der Waals surface area contributed by atoms with Crippen LogP contribution in [0.15, 0.2) is 78.9 Å². The second-order valence-electron chi connectivity index (χ2n) is 7.80. The highest BCUT2D eigenvalue weighted by Crippen LogP contribution is 2.25. The minimum Gasteiger partial charge on any atom is -0.355 e. The van der Waals surface area contributed by atoms with Crippen LogP contribution in [-0.4, -0.2) is 35.1 Å². The predicted octanol–water partition coefficient (Wildman–Crippen LogP) is 5.49. The molecule has 0 aromatic heterocycles. The summed E-state index contributed by atoms with van der Waals surface area (Å²) in [5.41, 5.74) is 2.27. The number of benzene rings is 3. The van der Waals surface area contributed by atoms with Gasteiger partial charge in [-0.05, 0) is 30.2 Å². The Morgan fingerprint density at radius 3 is 2.24 bits per heavy atom. The summed E-state index contributed by atoms with van der Waals surface area (Å²) in [5.74, 6) is -0.410. The zero-order valence-electron chi connectivity index (χ0n) is 19.0. The van der Waals surface area contributed by atoms with Gasteiger partial charge in [-0.3, -0.25) is 9.59 Å². The molecule has 0 heterocycles. The van der Waals surface area contributed by atoms with Crippen LogP contribution in [0.4, 0.5) is 4.39 Å². The maximum Gasteiger partial charge on any atom is 0.243 e. The van der Waals surface area contributed by atoms with Crippen molar-refractivity contribution in [1.29, 1.82) is 0 Å². The number of likely N-dealkylation sites (N-methyl/N-ethyl adjacent to an activating group) is 1. The summed E-state index contributed by atoms with van der Waals surface area (Å²) < 4.78 is 14.1. The molecule has 1 atom stereocenters. The third kappa shape index (κ3) is 7.34. The van der Waals surface area contributed by atoms with E-state index in [1.165, 1.54) is 17.8 Å². The van der Waals surface area contributed by atoms with Crippen LogP contribution >= 0.6 is 23.4 Å². The third-order valence-electron chi connectivity index (χ3n) is 5.35. The van der Waals surface area contributed by atoms with Crippen LogP contribution in [0, 0.1) is 5.82 Å². The SMILES string of the molecule is CCNC(=O)[C@H](Cc1ccccc1)N(Cc1ccccc1)C(=O)CSCc1c(F)cccc1Cl. The largest absolute Gasteiger partial charge is 0.355 e. The van der Waals surface area contributed by atoms with Gasteiger partial charge < -0.3 is 10.2 Å². The molecule has 0 aliphatic heterocycles. The van der Waals surface area contributed by atoms with Gasteiger partial charge in [0.1, 0.15) is 11.9 Å². The number of hydrogen-bond donors (Lipinski definition) is 1. The third-order valence-corrected chi connectivity index (χ3v) is 6.65. The van der Waals surface area contributed by atoms with Gasteiger partial charge in [0, 0.05) is 35.8 Å². The number of carbonyl (C=O) groups excluding carboxylic acids is 2. The van der Waals surface area contributed by atoms with E-state index in [0.29, 0.717) is 30.1 Å². The van der Waals surface area contributed by atoms with Crippen molar-refractivity contribution >= 4 is 35.2 Å². The van der Waals surface area contributed by atoms with Crippen molar-refractivity contribution in [3.63, 3.8) is 0 Å². The maximum absolute atomic E-state index is 14.1. The zero-order valence-corrected chi connectivity index (χ0v) is 20.6. The first-order chi connectivity index (χ1) is 16.5. The standard InChI is InChI=1S/C27H28ClFN2O2S/c1-2-30-27(33)25(16-20-10-5-3-6-11-20)31(17-21-12-7-4-8-13-21)26(32)19-34-18-22-23(28)14-9-15-24(22)29/h3-15,25H,2,16-19H2,1H3,(H,30,33)/t25-/m0/s1. The average Bonchev–Trinajstić information content (AvgIpc) is 2.84. The molecule has 3 aromatic rings. The first-order valence-electron chi connectivity index (χ1n) is 11.1. The van der Waals surface area contributed by atoms with Gasteiger partial charge in [0.2, 0.25) is 11.8 Å². The Labute approximate surface area is 209 Å². The Bertz CT molecular complexity index is 1060. The minimum absolute atomic E-state index is 0.0994. The highest BCUT2D eigenvalue weighted by molar-refractivity contribution is 7.99. The molecule has 0 bridgehead atoms. The normalized spacial score (nSPS) is 11.6. The van der Waals surface area contributed by atoms with E-state index in [4.69, 9.17) is 11.6 Å². The molecule has 0 fully saturated rings. The van der Waals surface area contributed by atoms with E-state index in [0.717, 1.165) is 11.1 Å². The molecule has 1 N–H and O–H groups in total. The number of rotatable bonds is 11. The summed E-state index contributed by atoms with van der Waals surface area (Å²) in [7, 11) is 0. The molecule has 34 heavy (non-hydrogen) atoms. The monoisotopic (exact) mass is 498 g/mol. The van der Waals surface area contributed by atoms with Crippen LogP contribution in [0.2, 0.25) is 5.02 Å². The molecular weight excluding hydrogens is 471 g/mol. The lowest BCUT2D eigenvalue weighted by Gasteiger charge is -2.31. The molecule has 0 saturated carbocycles. The van der Waals surface area contributed by atoms with Crippen molar-refractivity contribution in [2.75, 3.05) is 12.3 Å². The summed E-state index contributed by atoms with van der Waals surface area (Å²) in [6, 6.07) is 23.1. The number of carbonyl (C=O) groups is 2. The molecule has 0 aliphatic rings. The number of halogens is 2. The Morgan fingerprint density at radius 1 is 0.971 bits per heavy atom. The lowest BCUT2D eigenvalue weighted by atomic mass is 10.0. The second-order valence-corrected chi connectivity index (χ2v) is 9.19. The van der Waals surface area contributed by atoms with E-state index in [1.54, 1.807) is 17.0 Å². The van der Waals surface area contributed by atoms with E-state index in [1.807, 2.05) is 67.6 Å². The summed E-state index contributed by atoms with van der Waals surface area (Å²) >= 11 is 7.41. The summed E-state index contributed by atoms with van der Waals surface area (Å²) in [5, 5.41) is 3.22. The Balaban J connectivity index is 1.82. The Morgan fingerprint density at radius 2 is 1.62 bits per heavy atom. The zero-order chi connectivity index (χ0) is 24.3. The summed E-state index contributed by atoms with van der Waals surface area (Å²) in [6.45, 7) is 2.63. The topological polar surface area (TPSA) is 49.4 Å². The fourth-order valence-corrected chi connectivity index (χ4v) is 4.87. The smallest absolute Gasteiger partial charge is 0.243 e. The number of nitrogens with one attached hydrogen (secondary N) is 1. The fourth-order valence-electron chi connectivity index (χ4n) is 3.62. The average molecular weight is 499 g/mol. The van der Waals surface area contributed by atoms with Gasteiger partial charge in [-0.25, -0.2) is 4.39 Å². The molecule has 7 heteroatoms. The first kappa shape index (κ1) is 25.8. The molecule has 4 nitrogen and oxygen atoms in total. The molecule has 0 aliphatic carbocycles. The van der Waals surface area contributed by atoms with E-state index >= 15 is 0 Å². The van der Waals surface area contributed by atoms with Crippen molar-refractivity contribution in [1.82, 2.24) is 10.2 Å². The molecule has 0 saturated heterocycles. The van der Waals surface area contributed by atoms with Crippen LogP contribution in [0.5, 0.6) is 0 Å². The van der Waals surface area contributed by atoms with Crippen LogP contribution in [0.25, 0.3) is 0 Å². The number of nitrogens with zero attached hydrogens (tertiary/aromatic N) is 1. The number of thioether (sulfide) groups is 1. The van der Waals surface area contributed by atoms with E-state index in [2.05, 4.69) is 5.32 Å². The Kier molecular flexibility index (Phi) is 9.98. The van der Waals surface area contributed by atoms with Gasteiger partial charge in [0.25, 0.3) is 0 Å². The van der Waals surface area contributed by atoms with Crippen LogP contribution in [0.3, 0.4) is 0 Å². The highest BCUT2D eigenvalue weighted by Gasteiger charge is 2.30. The first-order valence-corrected chi connectivity index (χ1v) is 12.7. The molecule has 3 rings (SSSR count). The molecule has 0 unspecified atom stereocenters. The van der Waals surface area contributed by atoms with Crippen molar-refractivity contribution in [2.24, 2.45) is 0 Å².